The molecule has 1 amide bonds. The van der Waals surface area contributed by atoms with E-state index >= 15 is 0 Å². The highest BCUT2D eigenvalue weighted by Crippen LogP contribution is 2.36. The fourth-order valence-electron chi connectivity index (χ4n) is 3.28. The van der Waals surface area contributed by atoms with Crippen LogP contribution < -0.4 is 4.74 Å². The molecule has 1 N–H and O–H groups in total. The standard InChI is InChI=1S/C17H21NO3/c1-21-15-8-4-7-13(9-15)16-10-14(19)11-18(16)17(20)12-5-2-3-6-12/h2-4,7-9,12,14,16,19H,5-6,10-11H2,1H3/t14-,16+/m0/s1. The molecule has 3 rings (SSSR count). The molecule has 0 spiro atoms. The number of ether oxygens (including phenoxy) is 1. The third-order valence-corrected chi connectivity index (χ3v) is 4.40. The van der Waals surface area contributed by atoms with E-state index in [4.69, 9.17) is 4.74 Å². The zero-order valence-electron chi connectivity index (χ0n) is 12.2. The van der Waals surface area contributed by atoms with Gasteiger partial charge in [-0.3, -0.25) is 4.79 Å². The van der Waals surface area contributed by atoms with Gasteiger partial charge in [-0.2, -0.15) is 0 Å². The molecule has 0 aromatic heterocycles. The van der Waals surface area contributed by atoms with Gasteiger partial charge in [-0.25, -0.2) is 0 Å². The van der Waals surface area contributed by atoms with Gasteiger partial charge in [0, 0.05) is 12.5 Å². The molecule has 1 aromatic carbocycles. The molecular formula is C17H21NO3. The second-order valence-electron chi connectivity index (χ2n) is 5.81. The smallest absolute Gasteiger partial charge is 0.226 e. The van der Waals surface area contributed by atoms with Crippen LogP contribution in [0.5, 0.6) is 5.75 Å². The number of rotatable bonds is 3. The third kappa shape index (κ3) is 2.81. The van der Waals surface area contributed by atoms with Gasteiger partial charge >= 0.3 is 0 Å². The Hall–Kier alpha value is -1.81. The first-order valence-corrected chi connectivity index (χ1v) is 7.46. The van der Waals surface area contributed by atoms with Crippen LogP contribution in [0.3, 0.4) is 0 Å². The normalized spacial score (nSPS) is 25.5. The Morgan fingerprint density at radius 2 is 2.10 bits per heavy atom. The van der Waals surface area contributed by atoms with Gasteiger partial charge in [-0.15, -0.1) is 0 Å². The lowest BCUT2D eigenvalue weighted by Crippen LogP contribution is -2.35. The van der Waals surface area contributed by atoms with Gasteiger partial charge in [0.2, 0.25) is 5.91 Å². The van der Waals surface area contributed by atoms with Crippen LogP contribution in [0.15, 0.2) is 36.4 Å². The maximum absolute atomic E-state index is 12.7. The molecule has 2 atom stereocenters. The molecule has 4 heteroatoms. The maximum atomic E-state index is 12.7. The lowest BCUT2D eigenvalue weighted by Gasteiger charge is -2.27. The number of likely N-dealkylation sites (tertiary alicyclic amines) is 1. The summed E-state index contributed by atoms with van der Waals surface area (Å²) < 4.78 is 5.26. The summed E-state index contributed by atoms with van der Waals surface area (Å²) in [4.78, 5) is 14.5. The lowest BCUT2D eigenvalue weighted by atomic mass is 10.0. The Kier molecular flexibility index (Phi) is 3.97. The number of carbonyl (C=O) groups is 1. The van der Waals surface area contributed by atoms with Crippen molar-refractivity contribution < 1.29 is 14.6 Å². The highest BCUT2D eigenvalue weighted by molar-refractivity contribution is 5.80. The van der Waals surface area contributed by atoms with Gasteiger partial charge in [0.15, 0.2) is 0 Å². The molecule has 1 fully saturated rings. The summed E-state index contributed by atoms with van der Waals surface area (Å²) in [7, 11) is 1.63. The summed E-state index contributed by atoms with van der Waals surface area (Å²) in [6, 6.07) is 7.72. The minimum Gasteiger partial charge on any atom is -0.497 e. The number of aliphatic hydroxyl groups is 1. The van der Waals surface area contributed by atoms with Gasteiger partial charge < -0.3 is 14.7 Å². The highest BCUT2D eigenvalue weighted by Gasteiger charge is 2.38. The van der Waals surface area contributed by atoms with Crippen molar-refractivity contribution in [2.75, 3.05) is 13.7 Å². The lowest BCUT2D eigenvalue weighted by molar-refractivity contribution is -0.136. The number of benzene rings is 1. The number of carbonyl (C=O) groups excluding carboxylic acids is 1. The molecule has 0 bridgehead atoms. The highest BCUT2D eigenvalue weighted by atomic mass is 16.5. The minimum atomic E-state index is -0.445. The molecule has 1 heterocycles. The number of nitrogens with zero attached hydrogens (tertiary/aromatic N) is 1. The van der Waals surface area contributed by atoms with Gasteiger partial charge in [-0.05, 0) is 37.0 Å². The van der Waals surface area contributed by atoms with Crippen LogP contribution >= 0.6 is 0 Å². The average molecular weight is 287 g/mol. The zero-order valence-corrected chi connectivity index (χ0v) is 12.2. The molecule has 112 valence electrons. The number of aliphatic hydroxyl groups excluding tert-OH is 1. The monoisotopic (exact) mass is 287 g/mol. The zero-order chi connectivity index (χ0) is 14.8. The molecule has 1 aliphatic carbocycles. The molecule has 1 saturated heterocycles. The van der Waals surface area contributed by atoms with Gasteiger partial charge in [-0.1, -0.05) is 24.3 Å². The number of amides is 1. The fraction of sp³-hybridized carbons (Fsp3) is 0.471. The Labute approximate surface area is 125 Å². The average Bonchev–Trinajstić information content (AvgIpc) is 3.16. The summed E-state index contributed by atoms with van der Waals surface area (Å²) in [5, 5.41) is 10.0. The van der Waals surface area contributed by atoms with E-state index in [9.17, 15) is 9.90 Å². The first kappa shape index (κ1) is 14.1. The number of hydrogen-bond acceptors (Lipinski definition) is 3. The van der Waals surface area contributed by atoms with Crippen molar-refractivity contribution in [3.63, 3.8) is 0 Å². The minimum absolute atomic E-state index is 0.0448. The van der Waals surface area contributed by atoms with E-state index < -0.39 is 6.10 Å². The summed E-state index contributed by atoms with van der Waals surface area (Å²) in [5.74, 6) is 0.983. The van der Waals surface area contributed by atoms with E-state index in [2.05, 4.69) is 12.2 Å². The van der Waals surface area contributed by atoms with E-state index in [0.717, 1.165) is 24.2 Å². The van der Waals surface area contributed by atoms with Crippen LogP contribution in [0, 0.1) is 5.92 Å². The molecule has 1 aromatic rings. The van der Waals surface area contributed by atoms with Crippen molar-refractivity contribution >= 4 is 5.91 Å². The maximum Gasteiger partial charge on any atom is 0.226 e. The van der Waals surface area contributed by atoms with E-state index in [-0.39, 0.29) is 17.9 Å². The Bertz CT molecular complexity index is 547. The number of allylic oxidation sites excluding steroid dienone is 2. The van der Waals surface area contributed by atoms with Crippen molar-refractivity contribution in [1.82, 2.24) is 4.90 Å². The van der Waals surface area contributed by atoms with Crippen LogP contribution in [-0.4, -0.2) is 35.7 Å². The molecule has 0 saturated carbocycles. The largest absolute Gasteiger partial charge is 0.497 e. The molecule has 2 aliphatic rings. The van der Waals surface area contributed by atoms with Crippen molar-refractivity contribution in [1.29, 1.82) is 0 Å². The molecule has 0 unspecified atom stereocenters. The van der Waals surface area contributed by atoms with Crippen molar-refractivity contribution in [2.24, 2.45) is 5.92 Å². The predicted molar refractivity (Wildman–Crippen MR) is 79.9 cm³/mol. The number of methoxy groups -OCH3 is 1. The van der Waals surface area contributed by atoms with Gasteiger partial charge in [0.25, 0.3) is 0 Å². The van der Waals surface area contributed by atoms with Crippen LogP contribution in [0.25, 0.3) is 0 Å². The fourth-order valence-corrected chi connectivity index (χ4v) is 3.28. The SMILES string of the molecule is COc1cccc([C@H]2C[C@H](O)CN2C(=O)C2CC=CC2)c1. The summed E-state index contributed by atoms with van der Waals surface area (Å²) in [6.07, 6.45) is 5.91. The molecule has 21 heavy (non-hydrogen) atoms. The molecule has 4 nitrogen and oxygen atoms in total. The van der Waals surface area contributed by atoms with Crippen molar-refractivity contribution in [2.45, 2.75) is 31.4 Å². The van der Waals surface area contributed by atoms with E-state index in [1.807, 2.05) is 29.2 Å². The van der Waals surface area contributed by atoms with Crippen molar-refractivity contribution in [3.8, 4) is 5.75 Å². The first-order valence-electron chi connectivity index (χ1n) is 7.46. The summed E-state index contributed by atoms with van der Waals surface area (Å²) >= 11 is 0. The topological polar surface area (TPSA) is 49.8 Å². The van der Waals surface area contributed by atoms with Crippen LogP contribution in [0.2, 0.25) is 0 Å². The summed E-state index contributed by atoms with van der Waals surface area (Å²) in [6.45, 7) is 0.428. The molecular weight excluding hydrogens is 266 g/mol. The Balaban J connectivity index is 1.83. The van der Waals surface area contributed by atoms with E-state index in [1.54, 1.807) is 7.11 Å². The van der Waals surface area contributed by atoms with E-state index in [0.29, 0.717) is 13.0 Å². The number of β-amino-alcohol motifs (C(OH)–C–C–N with tert-alkyl or cyclic N) is 1. The van der Waals surface area contributed by atoms with Crippen LogP contribution in [-0.2, 0) is 4.79 Å². The number of hydrogen-bond donors (Lipinski definition) is 1. The van der Waals surface area contributed by atoms with Crippen molar-refractivity contribution in [3.05, 3.63) is 42.0 Å². The quantitative estimate of drug-likeness (QED) is 0.868. The second kappa shape index (κ2) is 5.90. The van der Waals surface area contributed by atoms with Gasteiger partial charge in [0.05, 0.1) is 19.3 Å². The second-order valence-corrected chi connectivity index (χ2v) is 5.81. The molecule has 0 radical (unpaired) electrons. The predicted octanol–water partition coefficient (Wildman–Crippen LogP) is 2.30. The molecule has 1 aliphatic heterocycles. The third-order valence-electron chi connectivity index (χ3n) is 4.40. The van der Waals surface area contributed by atoms with Crippen LogP contribution in [0.4, 0.5) is 0 Å². The van der Waals surface area contributed by atoms with Crippen LogP contribution in [0.1, 0.15) is 30.9 Å². The van der Waals surface area contributed by atoms with E-state index in [1.165, 1.54) is 0 Å². The Morgan fingerprint density at radius 1 is 1.33 bits per heavy atom. The first-order chi connectivity index (χ1) is 10.2. The summed E-state index contributed by atoms with van der Waals surface area (Å²) in [5.41, 5.74) is 1.03. The Morgan fingerprint density at radius 3 is 2.81 bits per heavy atom. The van der Waals surface area contributed by atoms with Gasteiger partial charge in [0.1, 0.15) is 5.75 Å².